The molecule has 1 saturated heterocycles. The average Bonchev–Trinajstić information content (AvgIpc) is 2.74. The Morgan fingerprint density at radius 1 is 1.00 bits per heavy atom. The second-order valence-electron chi connectivity index (χ2n) is 6.94. The van der Waals surface area contributed by atoms with Crippen LogP contribution in [0.25, 0.3) is 0 Å². The van der Waals surface area contributed by atoms with Gasteiger partial charge in [-0.2, -0.15) is 0 Å². The number of rotatable bonds is 7. The van der Waals surface area contributed by atoms with Gasteiger partial charge in [0.15, 0.2) is 11.5 Å². The Morgan fingerprint density at radius 3 is 2.43 bits per heavy atom. The second-order valence-corrected chi connectivity index (χ2v) is 6.94. The van der Waals surface area contributed by atoms with Crippen LogP contribution in [0.1, 0.15) is 22.7 Å². The molecule has 2 aromatic rings. The number of aliphatic hydroxyl groups is 1. The van der Waals surface area contributed by atoms with Gasteiger partial charge in [0.2, 0.25) is 0 Å². The van der Waals surface area contributed by atoms with E-state index in [2.05, 4.69) is 24.0 Å². The highest BCUT2D eigenvalue weighted by atomic mass is 16.5. The van der Waals surface area contributed by atoms with E-state index in [1.54, 1.807) is 21.3 Å². The summed E-state index contributed by atoms with van der Waals surface area (Å²) in [5, 5.41) is 9.94. The number of methoxy groups -OCH3 is 3. The summed E-state index contributed by atoms with van der Waals surface area (Å²) in [7, 11) is 4.94. The minimum atomic E-state index is -0.316. The van der Waals surface area contributed by atoms with Gasteiger partial charge in [-0.25, -0.2) is 0 Å². The molecule has 6 heteroatoms. The summed E-state index contributed by atoms with van der Waals surface area (Å²) >= 11 is 0. The van der Waals surface area contributed by atoms with E-state index in [4.69, 9.17) is 18.9 Å². The van der Waals surface area contributed by atoms with E-state index < -0.39 is 0 Å². The molecule has 2 aromatic carbocycles. The molecule has 1 heterocycles. The summed E-state index contributed by atoms with van der Waals surface area (Å²) in [4.78, 5) is 2.32. The summed E-state index contributed by atoms with van der Waals surface area (Å²) in [5.41, 5.74) is 3.28. The molecule has 1 fully saturated rings. The van der Waals surface area contributed by atoms with Crippen molar-refractivity contribution in [2.75, 3.05) is 41.1 Å². The molecule has 0 spiro atoms. The highest BCUT2D eigenvalue weighted by Crippen LogP contribution is 2.37. The number of hydrogen-bond acceptors (Lipinski definition) is 6. The first-order chi connectivity index (χ1) is 13.6. The Bertz CT molecular complexity index is 794. The van der Waals surface area contributed by atoms with Crippen molar-refractivity contribution in [3.8, 4) is 17.2 Å². The number of aryl methyl sites for hydroxylation is 1. The van der Waals surface area contributed by atoms with Crippen LogP contribution in [0.4, 0.5) is 0 Å². The number of nitrogens with zero attached hydrogens (tertiary/aromatic N) is 1. The van der Waals surface area contributed by atoms with Gasteiger partial charge in [0.05, 0.1) is 40.6 Å². The third-order valence-electron chi connectivity index (χ3n) is 5.20. The van der Waals surface area contributed by atoms with Crippen LogP contribution in [0.5, 0.6) is 17.2 Å². The molecule has 6 nitrogen and oxygen atoms in total. The van der Waals surface area contributed by atoms with Crippen molar-refractivity contribution in [2.24, 2.45) is 0 Å². The van der Waals surface area contributed by atoms with E-state index in [1.807, 2.05) is 24.3 Å². The Balaban J connectivity index is 1.95. The largest absolute Gasteiger partial charge is 0.496 e. The zero-order chi connectivity index (χ0) is 20.1. The van der Waals surface area contributed by atoms with Crippen LogP contribution in [0.2, 0.25) is 0 Å². The van der Waals surface area contributed by atoms with E-state index in [0.717, 1.165) is 29.0 Å². The molecule has 0 bridgehead atoms. The number of morpholine rings is 1. The van der Waals surface area contributed by atoms with Gasteiger partial charge in [-0.1, -0.05) is 18.2 Å². The normalized spacial score (nSPS) is 20.0. The van der Waals surface area contributed by atoms with E-state index >= 15 is 0 Å². The molecule has 0 aromatic heterocycles. The maximum Gasteiger partial charge on any atom is 0.161 e. The lowest BCUT2D eigenvalue weighted by Gasteiger charge is -2.41. The summed E-state index contributed by atoms with van der Waals surface area (Å²) in [6, 6.07) is 12.0. The molecule has 0 amide bonds. The first kappa shape index (κ1) is 20.5. The van der Waals surface area contributed by atoms with Crippen molar-refractivity contribution in [3.63, 3.8) is 0 Å². The molecule has 0 unspecified atom stereocenters. The molecule has 28 heavy (non-hydrogen) atoms. The summed E-state index contributed by atoms with van der Waals surface area (Å²) < 4.78 is 22.3. The fraction of sp³-hybridized carbons (Fsp3) is 0.455. The van der Waals surface area contributed by atoms with Gasteiger partial charge in [0, 0.05) is 18.7 Å². The van der Waals surface area contributed by atoms with Crippen LogP contribution >= 0.6 is 0 Å². The van der Waals surface area contributed by atoms with Gasteiger partial charge in [-0.3, -0.25) is 4.90 Å². The molecule has 152 valence electrons. The SMILES string of the molecule is COc1cc(C)ccc1CN1CCO[C@H](CO)[C@H]1c1ccc(OC)c(OC)c1. The Morgan fingerprint density at radius 2 is 1.75 bits per heavy atom. The lowest BCUT2D eigenvalue weighted by Crippen LogP contribution is -2.46. The van der Waals surface area contributed by atoms with Crippen LogP contribution in [0.15, 0.2) is 36.4 Å². The van der Waals surface area contributed by atoms with Crippen molar-refractivity contribution in [1.29, 1.82) is 0 Å². The van der Waals surface area contributed by atoms with Gasteiger partial charge in [-0.15, -0.1) is 0 Å². The number of benzene rings is 2. The smallest absolute Gasteiger partial charge is 0.161 e. The van der Waals surface area contributed by atoms with Crippen molar-refractivity contribution in [2.45, 2.75) is 25.6 Å². The van der Waals surface area contributed by atoms with Crippen LogP contribution in [0.3, 0.4) is 0 Å². The first-order valence-corrected chi connectivity index (χ1v) is 9.43. The lowest BCUT2D eigenvalue weighted by molar-refractivity contribution is -0.0962. The molecule has 0 aliphatic carbocycles. The molecule has 2 atom stereocenters. The predicted molar refractivity (Wildman–Crippen MR) is 107 cm³/mol. The van der Waals surface area contributed by atoms with Gasteiger partial charge >= 0.3 is 0 Å². The highest BCUT2D eigenvalue weighted by Gasteiger charge is 2.34. The molecular weight excluding hydrogens is 358 g/mol. The zero-order valence-corrected chi connectivity index (χ0v) is 17.0. The van der Waals surface area contributed by atoms with E-state index in [-0.39, 0.29) is 18.8 Å². The van der Waals surface area contributed by atoms with Gasteiger partial charge in [0.25, 0.3) is 0 Å². The summed E-state index contributed by atoms with van der Waals surface area (Å²) in [6.45, 7) is 4.02. The predicted octanol–water partition coefficient (Wildman–Crippen LogP) is 2.96. The summed E-state index contributed by atoms with van der Waals surface area (Å²) in [5.74, 6) is 2.21. The van der Waals surface area contributed by atoms with Crippen molar-refractivity contribution in [1.82, 2.24) is 4.90 Å². The molecule has 3 rings (SSSR count). The van der Waals surface area contributed by atoms with Gasteiger partial charge < -0.3 is 24.1 Å². The van der Waals surface area contributed by atoms with Crippen LogP contribution in [-0.2, 0) is 11.3 Å². The summed E-state index contributed by atoms with van der Waals surface area (Å²) in [6.07, 6.45) is -0.316. The van der Waals surface area contributed by atoms with Crippen molar-refractivity contribution >= 4 is 0 Å². The number of aliphatic hydroxyl groups excluding tert-OH is 1. The number of hydrogen-bond donors (Lipinski definition) is 1. The molecule has 0 radical (unpaired) electrons. The maximum absolute atomic E-state index is 9.94. The Kier molecular flexibility index (Phi) is 6.78. The van der Waals surface area contributed by atoms with Gasteiger partial charge in [-0.05, 0) is 36.2 Å². The van der Waals surface area contributed by atoms with Crippen molar-refractivity contribution < 1.29 is 24.1 Å². The zero-order valence-electron chi connectivity index (χ0n) is 17.0. The molecule has 0 saturated carbocycles. The molecule has 1 aliphatic heterocycles. The van der Waals surface area contributed by atoms with Crippen LogP contribution in [-0.4, -0.2) is 57.2 Å². The van der Waals surface area contributed by atoms with E-state index in [1.165, 1.54) is 0 Å². The third kappa shape index (κ3) is 4.24. The number of ether oxygens (including phenoxy) is 4. The van der Waals surface area contributed by atoms with Gasteiger partial charge in [0.1, 0.15) is 11.9 Å². The first-order valence-electron chi connectivity index (χ1n) is 9.43. The topological polar surface area (TPSA) is 60.4 Å². The second kappa shape index (κ2) is 9.28. The van der Waals surface area contributed by atoms with E-state index in [0.29, 0.717) is 24.7 Å². The minimum Gasteiger partial charge on any atom is -0.496 e. The lowest BCUT2D eigenvalue weighted by atomic mass is 9.97. The molecular formula is C22H29NO5. The van der Waals surface area contributed by atoms with Crippen molar-refractivity contribution in [3.05, 3.63) is 53.1 Å². The Labute approximate surface area is 166 Å². The van der Waals surface area contributed by atoms with Crippen LogP contribution in [0, 0.1) is 6.92 Å². The third-order valence-corrected chi connectivity index (χ3v) is 5.20. The fourth-order valence-corrected chi connectivity index (χ4v) is 3.78. The Hall–Kier alpha value is -2.28. The molecule has 1 N–H and O–H groups in total. The monoisotopic (exact) mass is 387 g/mol. The standard InChI is InChI=1S/C22H29NO5/c1-15-5-6-17(19(11-15)26-3)13-23-9-10-28-21(14-24)22(23)16-7-8-18(25-2)20(12-16)27-4/h5-8,11-12,21-22,24H,9-10,13-14H2,1-4H3/t21-,22-/m1/s1. The average molecular weight is 387 g/mol. The van der Waals surface area contributed by atoms with E-state index in [9.17, 15) is 5.11 Å². The molecule has 1 aliphatic rings. The van der Waals surface area contributed by atoms with Crippen LogP contribution < -0.4 is 14.2 Å². The fourth-order valence-electron chi connectivity index (χ4n) is 3.78. The quantitative estimate of drug-likeness (QED) is 0.788. The minimum absolute atomic E-state index is 0.0550. The maximum atomic E-state index is 9.94. The highest BCUT2D eigenvalue weighted by molar-refractivity contribution is 5.44.